The zero-order valence-corrected chi connectivity index (χ0v) is 9.14. The summed E-state index contributed by atoms with van der Waals surface area (Å²) in [5.41, 5.74) is 7.24. The van der Waals surface area contributed by atoms with Crippen LogP contribution in [0.25, 0.3) is 10.9 Å². The number of anilines is 1. The lowest BCUT2D eigenvalue weighted by Crippen LogP contribution is -2.05. The number of nitrogen functional groups attached to an aromatic ring is 1. The minimum atomic E-state index is 0.497. The number of pyridine rings is 1. The maximum Gasteiger partial charge on any atom is 0.213 e. The summed E-state index contributed by atoms with van der Waals surface area (Å²) in [5, 5.41) is 1.05. The van der Waals surface area contributed by atoms with Crippen molar-refractivity contribution >= 4 is 16.6 Å². The van der Waals surface area contributed by atoms with Crippen LogP contribution in [0.1, 0.15) is 0 Å². The summed E-state index contributed by atoms with van der Waals surface area (Å²) >= 11 is 0. The van der Waals surface area contributed by atoms with Crippen molar-refractivity contribution in [3.63, 3.8) is 0 Å². The summed E-state index contributed by atoms with van der Waals surface area (Å²) in [4.78, 5) is 4.35. The van der Waals surface area contributed by atoms with Crippen LogP contribution in [0.3, 0.4) is 0 Å². The van der Waals surface area contributed by atoms with Gasteiger partial charge in [0.15, 0.2) is 0 Å². The van der Waals surface area contributed by atoms with Gasteiger partial charge in [-0.1, -0.05) is 6.07 Å². The molecule has 84 valence electrons. The van der Waals surface area contributed by atoms with E-state index in [2.05, 4.69) is 4.98 Å². The number of aromatic nitrogens is 1. The van der Waals surface area contributed by atoms with E-state index in [1.165, 1.54) is 0 Å². The molecule has 16 heavy (non-hydrogen) atoms. The Morgan fingerprint density at radius 1 is 1.19 bits per heavy atom. The predicted octanol–water partition coefficient (Wildman–Crippen LogP) is 1.84. The molecule has 0 fully saturated rings. The highest BCUT2D eigenvalue weighted by Crippen LogP contribution is 2.18. The maximum atomic E-state index is 5.69. The lowest BCUT2D eigenvalue weighted by atomic mass is 10.2. The number of hydrogen-bond donors (Lipinski definition) is 1. The van der Waals surface area contributed by atoms with Crippen molar-refractivity contribution in [2.45, 2.75) is 0 Å². The van der Waals surface area contributed by atoms with Crippen LogP contribution in [0.5, 0.6) is 5.88 Å². The van der Waals surface area contributed by atoms with E-state index in [9.17, 15) is 0 Å². The molecule has 4 nitrogen and oxygen atoms in total. The molecule has 0 saturated heterocycles. The average molecular weight is 218 g/mol. The first kappa shape index (κ1) is 10.7. The normalized spacial score (nSPS) is 10.6. The van der Waals surface area contributed by atoms with E-state index < -0.39 is 0 Å². The lowest BCUT2D eigenvalue weighted by Gasteiger charge is -2.05. The molecule has 1 heterocycles. The van der Waals surface area contributed by atoms with Gasteiger partial charge in [-0.05, 0) is 18.2 Å². The standard InChI is InChI=1S/C12H14N2O2/c1-15-6-7-16-12-5-3-9-2-4-10(13)8-11(9)14-12/h2-5,8H,6-7,13H2,1H3. The zero-order valence-electron chi connectivity index (χ0n) is 9.14. The minimum absolute atomic E-state index is 0.497. The Morgan fingerprint density at radius 3 is 2.81 bits per heavy atom. The molecular formula is C12H14N2O2. The Bertz CT molecular complexity index is 485. The molecule has 0 aliphatic carbocycles. The largest absolute Gasteiger partial charge is 0.475 e. The third-order valence-electron chi connectivity index (χ3n) is 2.23. The maximum absolute atomic E-state index is 5.69. The van der Waals surface area contributed by atoms with Gasteiger partial charge in [0.25, 0.3) is 0 Å². The number of nitrogens with zero attached hydrogens (tertiary/aromatic N) is 1. The SMILES string of the molecule is COCCOc1ccc2ccc(N)cc2n1. The zero-order chi connectivity index (χ0) is 11.4. The van der Waals surface area contributed by atoms with Gasteiger partial charge in [0.1, 0.15) is 6.61 Å². The first-order chi connectivity index (χ1) is 7.79. The van der Waals surface area contributed by atoms with E-state index >= 15 is 0 Å². The van der Waals surface area contributed by atoms with Crippen molar-refractivity contribution in [3.05, 3.63) is 30.3 Å². The van der Waals surface area contributed by atoms with Crippen LogP contribution in [0.15, 0.2) is 30.3 Å². The molecule has 4 heteroatoms. The summed E-state index contributed by atoms with van der Waals surface area (Å²) in [6.45, 7) is 1.05. The number of fused-ring (bicyclic) bond motifs is 1. The van der Waals surface area contributed by atoms with E-state index in [1.54, 1.807) is 7.11 Å². The van der Waals surface area contributed by atoms with Crippen molar-refractivity contribution in [2.24, 2.45) is 0 Å². The van der Waals surface area contributed by atoms with Crippen molar-refractivity contribution in [1.82, 2.24) is 4.98 Å². The third-order valence-corrected chi connectivity index (χ3v) is 2.23. The van der Waals surface area contributed by atoms with Gasteiger partial charge in [-0.15, -0.1) is 0 Å². The molecule has 0 unspecified atom stereocenters. The minimum Gasteiger partial charge on any atom is -0.475 e. The Kier molecular flexibility index (Phi) is 3.22. The highest BCUT2D eigenvalue weighted by Gasteiger charge is 1.99. The Labute approximate surface area is 94.0 Å². The fraction of sp³-hybridized carbons (Fsp3) is 0.250. The number of benzene rings is 1. The van der Waals surface area contributed by atoms with E-state index in [4.69, 9.17) is 15.2 Å². The van der Waals surface area contributed by atoms with Gasteiger partial charge in [0.2, 0.25) is 5.88 Å². The van der Waals surface area contributed by atoms with Crippen LogP contribution in [0, 0.1) is 0 Å². The van der Waals surface area contributed by atoms with Crippen LogP contribution in [-0.2, 0) is 4.74 Å². The van der Waals surface area contributed by atoms with E-state index in [1.807, 2.05) is 30.3 Å². The molecule has 0 spiro atoms. The second-order valence-electron chi connectivity index (χ2n) is 3.44. The topological polar surface area (TPSA) is 57.4 Å². The highest BCUT2D eigenvalue weighted by molar-refractivity contribution is 5.82. The summed E-state index contributed by atoms with van der Waals surface area (Å²) < 4.78 is 10.3. The Balaban J connectivity index is 2.21. The van der Waals surface area contributed by atoms with Crippen LogP contribution >= 0.6 is 0 Å². The van der Waals surface area contributed by atoms with Crippen LogP contribution in [0.4, 0.5) is 5.69 Å². The van der Waals surface area contributed by atoms with Crippen molar-refractivity contribution in [3.8, 4) is 5.88 Å². The molecule has 0 radical (unpaired) electrons. The van der Waals surface area contributed by atoms with E-state index in [0.717, 1.165) is 10.9 Å². The molecule has 1 aromatic heterocycles. The Morgan fingerprint density at radius 2 is 2.00 bits per heavy atom. The van der Waals surface area contributed by atoms with Gasteiger partial charge >= 0.3 is 0 Å². The van der Waals surface area contributed by atoms with Crippen molar-refractivity contribution in [2.75, 3.05) is 26.1 Å². The molecular weight excluding hydrogens is 204 g/mol. The quantitative estimate of drug-likeness (QED) is 0.628. The fourth-order valence-electron chi connectivity index (χ4n) is 1.43. The van der Waals surface area contributed by atoms with Crippen LogP contribution in [-0.4, -0.2) is 25.3 Å². The number of nitrogens with two attached hydrogens (primary N) is 1. The first-order valence-corrected chi connectivity index (χ1v) is 5.07. The molecule has 2 aromatic rings. The van der Waals surface area contributed by atoms with Crippen molar-refractivity contribution in [1.29, 1.82) is 0 Å². The van der Waals surface area contributed by atoms with Gasteiger partial charge in [-0.3, -0.25) is 0 Å². The van der Waals surface area contributed by atoms with Crippen LogP contribution in [0.2, 0.25) is 0 Å². The molecule has 0 bridgehead atoms. The molecule has 1 aromatic carbocycles. The second-order valence-corrected chi connectivity index (χ2v) is 3.44. The predicted molar refractivity (Wildman–Crippen MR) is 63.5 cm³/mol. The summed E-state index contributed by atoms with van der Waals surface area (Å²) in [6, 6.07) is 9.43. The van der Waals surface area contributed by atoms with Crippen molar-refractivity contribution < 1.29 is 9.47 Å². The number of rotatable bonds is 4. The highest BCUT2D eigenvalue weighted by atomic mass is 16.5. The van der Waals surface area contributed by atoms with E-state index in [-0.39, 0.29) is 0 Å². The molecule has 0 amide bonds. The molecule has 0 atom stereocenters. The summed E-state index contributed by atoms with van der Waals surface area (Å²) in [6.07, 6.45) is 0. The Hall–Kier alpha value is -1.81. The molecule has 0 saturated carbocycles. The first-order valence-electron chi connectivity index (χ1n) is 5.07. The third kappa shape index (κ3) is 2.41. The number of hydrogen-bond acceptors (Lipinski definition) is 4. The number of ether oxygens (including phenoxy) is 2. The molecule has 0 aliphatic rings. The van der Waals surface area contributed by atoms with E-state index in [0.29, 0.717) is 24.8 Å². The molecule has 0 aliphatic heterocycles. The van der Waals surface area contributed by atoms with Gasteiger partial charge in [-0.25, -0.2) is 4.98 Å². The van der Waals surface area contributed by atoms with Gasteiger partial charge in [0, 0.05) is 24.2 Å². The monoisotopic (exact) mass is 218 g/mol. The fourth-order valence-corrected chi connectivity index (χ4v) is 1.43. The van der Waals surface area contributed by atoms with Gasteiger partial charge in [0.05, 0.1) is 12.1 Å². The summed E-state index contributed by atoms with van der Waals surface area (Å²) in [5.74, 6) is 0.593. The van der Waals surface area contributed by atoms with Gasteiger partial charge in [-0.2, -0.15) is 0 Å². The lowest BCUT2D eigenvalue weighted by molar-refractivity contribution is 0.144. The molecule has 2 rings (SSSR count). The van der Waals surface area contributed by atoms with Gasteiger partial charge < -0.3 is 15.2 Å². The smallest absolute Gasteiger partial charge is 0.213 e. The molecule has 2 N–H and O–H groups in total. The summed E-state index contributed by atoms with van der Waals surface area (Å²) in [7, 11) is 1.64. The number of methoxy groups -OCH3 is 1. The second kappa shape index (κ2) is 4.81. The average Bonchev–Trinajstić information content (AvgIpc) is 2.29. The van der Waals surface area contributed by atoms with Crippen LogP contribution < -0.4 is 10.5 Å².